The molecule has 0 fully saturated rings. The summed E-state index contributed by atoms with van der Waals surface area (Å²) in [5.74, 6) is 0.741. The number of benzene rings is 3. The van der Waals surface area contributed by atoms with Crippen molar-refractivity contribution in [2.45, 2.75) is 41.5 Å². The molecule has 2 unspecified atom stereocenters. The second kappa shape index (κ2) is 14.0. The van der Waals surface area contributed by atoms with Crippen LogP contribution in [0.5, 0.6) is 5.75 Å². The molecule has 4 N–H and O–H groups in total. The van der Waals surface area contributed by atoms with Gasteiger partial charge in [-0.3, -0.25) is 9.52 Å². The van der Waals surface area contributed by atoms with Gasteiger partial charge in [0.05, 0.1) is 30.8 Å². The quantitative estimate of drug-likeness (QED) is 0.190. The topological polar surface area (TPSA) is 88.8 Å². The normalized spacial score (nSPS) is 14.9. The molecular formula is C31H38N4O3S2. The third kappa shape index (κ3) is 7.34. The SMILES string of the molecule is COCCNC(=O)c1cccc(SNC(Cc2cccc(C(N)=C(C)C)c2)C2Sc3cc(OC)ccc3N2C)c1. The molecule has 4 rings (SSSR count). The average Bonchev–Trinajstić information content (AvgIpc) is 3.30. The summed E-state index contributed by atoms with van der Waals surface area (Å²) < 4.78 is 14.3. The molecule has 212 valence electrons. The number of nitrogens with zero attached hydrogens (tertiary/aromatic N) is 1. The van der Waals surface area contributed by atoms with E-state index >= 15 is 0 Å². The molecule has 40 heavy (non-hydrogen) atoms. The van der Waals surface area contributed by atoms with E-state index in [4.69, 9.17) is 15.2 Å². The Labute approximate surface area is 246 Å². The van der Waals surface area contributed by atoms with Gasteiger partial charge in [0.2, 0.25) is 0 Å². The maximum atomic E-state index is 12.6. The lowest BCUT2D eigenvalue weighted by Crippen LogP contribution is -2.44. The van der Waals surface area contributed by atoms with Crippen molar-refractivity contribution in [1.82, 2.24) is 10.0 Å². The zero-order valence-corrected chi connectivity index (χ0v) is 25.3. The van der Waals surface area contributed by atoms with Crippen molar-refractivity contribution in [1.29, 1.82) is 0 Å². The first-order chi connectivity index (χ1) is 19.3. The maximum Gasteiger partial charge on any atom is 0.251 e. The number of hydrogen-bond donors (Lipinski definition) is 3. The summed E-state index contributed by atoms with van der Waals surface area (Å²) in [6, 6.07) is 22.4. The number of allylic oxidation sites excluding steroid dienone is 1. The van der Waals surface area contributed by atoms with Crippen molar-refractivity contribution in [3.8, 4) is 5.75 Å². The third-order valence-corrected chi connectivity index (χ3v) is 9.15. The number of thioether (sulfide) groups is 1. The third-order valence-electron chi connectivity index (χ3n) is 6.77. The minimum Gasteiger partial charge on any atom is -0.497 e. The molecule has 3 aromatic carbocycles. The summed E-state index contributed by atoms with van der Waals surface area (Å²) in [4.78, 5) is 17.1. The summed E-state index contributed by atoms with van der Waals surface area (Å²) in [5, 5.41) is 3.03. The van der Waals surface area contributed by atoms with Crippen LogP contribution >= 0.6 is 23.7 Å². The maximum absolute atomic E-state index is 12.6. The molecule has 0 spiro atoms. The van der Waals surface area contributed by atoms with E-state index in [0.717, 1.165) is 33.9 Å². The van der Waals surface area contributed by atoms with Gasteiger partial charge in [0, 0.05) is 41.8 Å². The fourth-order valence-electron chi connectivity index (χ4n) is 4.53. The highest BCUT2D eigenvalue weighted by molar-refractivity contribution is 8.00. The number of hydrogen-bond acceptors (Lipinski definition) is 8. The number of ether oxygens (including phenoxy) is 2. The molecule has 0 radical (unpaired) electrons. The van der Waals surface area contributed by atoms with Crippen molar-refractivity contribution in [2.24, 2.45) is 5.73 Å². The van der Waals surface area contributed by atoms with Crippen LogP contribution in [0, 0.1) is 0 Å². The van der Waals surface area contributed by atoms with Gasteiger partial charge in [-0.05, 0) is 85.8 Å². The summed E-state index contributed by atoms with van der Waals surface area (Å²) in [6.07, 6.45) is 0.793. The highest BCUT2D eigenvalue weighted by Gasteiger charge is 2.34. The molecule has 0 bridgehead atoms. The lowest BCUT2D eigenvalue weighted by molar-refractivity contribution is 0.0937. The number of fused-ring (bicyclic) bond motifs is 1. The van der Waals surface area contributed by atoms with Crippen LogP contribution in [0.2, 0.25) is 0 Å². The Balaban J connectivity index is 1.57. The van der Waals surface area contributed by atoms with Crippen LogP contribution in [-0.2, 0) is 11.2 Å². The molecule has 2 atom stereocenters. The first-order valence-electron chi connectivity index (χ1n) is 13.2. The molecule has 3 aromatic rings. The monoisotopic (exact) mass is 578 g/mol. The van der Waals surface area contributed by atoms with Crippen LogP contribution in [0.4, 0.5) is 5.69 Å². The van der Waals surface area contributed by atoms with Gasteiger partial charge in [0.1, 0.15) is 5.75 Å². The van der Waals surface area contributed by atoms with Gasteiger partial charge in [-0.1, -0.05) is 41.6 Å². The van der Waals surface area contributed by atoms with Crippen LogP contribution in [-0.4, -0.2) is 51.7 Å². The standard InChI is InChI=1S/C31H38N4O3S2/c1-20(2)29(32)22-9-6-8-21(16-22)17-26(31-35(3)27-13-12-24(38-5)19-28(27)39-31)34-40-25-11-7-10-23(18-25)30(36)33-14-15-37-4/h6-13,16,18-19,26,31,34H,14-15,17,32H2,1-5H3,(H,33,36). The number of rotatable bonds is 12. The first-order valence-corrected chi connectivity index (χ1v) is 14.9. The van der Waals surface area contributed by atoms with Gasteiger partial charge in [0.25, 0.3) is 5.91 Å². The average molecular weight is 579 g/mol. The summed E-state index contributed by atoms with van der Waals surface area (Å²) >= 11 is 3.38. The molecule has 0 saturated heterocycles. The minimum absolute atomic E-state index is 0.0701. The highest BCUT2D eigenvalue weighted by atomic mass is 32.2. The fraction of sp³-hybridized carbons (Fsp3) is 0.323. The van der Waals surface area contributed by atoms with Gasteiger partial charge in [-0.15, -0.1) is 0 Å². The van der Waals surface area contributed by atoms with Gasteiger partial charge < -0.3 is 25.4 Å². The van der Waals surface area contributed by atoms with E-state index in [-0.39, 0.29) is 17.3 Å². The van der Waals surface area contributed by atoms with Gasteiger partial charge in [-0.25, -0.2) is 0 Å². The molecular weight excluding hydrogens is 541 g/mol. The van der Waals surface area contributed by atoms with Gasteiger partial charge in [-0.2, -0.15) is 0 Å². The number of carbonyl (C=O) groups excluding carboxylic acids is 1. The van der Waals surface area contributed by atoms with Crippen molar-refractivity contribution in [2.75, 3.05) is 39.3 Å². The van der Waals surface area contributed by atoms with E-state index in [1.54, 1.807) is 26.2 Å². The van der Waals surface area contributed by atoms with Crippen molar-refractivity contribution < 1.29 is 14.3 Å². The van der Waals surface area contributed by atoms with Crippen LogP contribution < -0.4 is 25.4 Å². The van der Waals surface area contributed by atoms with Gasteiger partial charge >= 0.3 is 0 Å². The Bertz CT molecular complexity index is 1360. The van der Waals surface area contributed by atoms with Crippen molar-refractivity contribution >= 4 is 41.0 Å². The van der Waals surface area contributed by atoms with Crippen LogP contribution in [0.25, 0.3) is 5.70 Å². The molecule has 1 amide bonds. The van der Waals surface area contributed by atoms with Crippen molar-refractivity contribution in [3.63, 3.8) is 0 Å². The molecule has 1 aliphatic heterocycles. The van der Waals surface area contributed by atoms with E-state index < -0.39 is 0 Å². The molecule has 9 heteroatoms. The molecule has 0 aliphatic carbocycles. The van der Waals surface area contributed by atoms with E-state index in [0.29, 0.717) is 18.7 Å². The van der Waals surface area contributed by atoms with Crippen molar-refractivity contribution in [3.05, 3.63) is 89.0 Å². The first kappa shape index (κ1) is 29.9. The number of nitrogens with two attached hydrogens (primary N) is 1. The lowest BCUT2D eigenvalue weighted by atomic mass is 10.0. The Morgan fingerprint density at radius 1 is 1.07 bits per heavy atom. The summed E-state index contributed by atoms with van der Waals surface area (Å²) in [5.41, 5.74) is 12.3. The minimum atomic E-state index is -0.111. The lowest BCUT2D eigenvalue weighted by Gasteiger charge is -2.30. The Kier molecular flexibility index (Phi) is 10.4. The van der Waals surface area contributed by atoms with E-state index in [1.807, 2.05) is 55.9 Å². The smallest absolute Gasteiger partial charge is 0.251 e. The Morgan fingerprint density at radius 2 is 1.85 bits per heavy atom. The predicted molar refractivity (Wildman–Crippen MR) is 167 cm³/mol. The summed E-state index contributed by atoms with van der Waals surface area (Å²) in [7, 11) is 5.45. The number of nitrogens with one attached hydrogen (secondary N) is 2. The second-order valence-electron chi connectivity index (χ2n) is 9.87. The number of amides is 1. The second-order valence-corrected chi connectivity index (χ2v) is 11.9. The fourth-order valence-corrected chi connectivity index (χ4v) is 6.82. The molecule has 1 heterocycles. The zero-order chi connectivity index (χ0) is 28.6. The summed E-state index contributed by atoms with van der Waals surface area (Å²) in [6.45, 7) is 5.01. The Morgan fingerprint density at radius 3 is 2.60 bits per heavy atom. The number of anilines is 1. The van der Waals surface area contributed by atoms with Crippen LogP contribution in [0.15, 0.2) is 82.1 Å². The zero-order valence-electron chi connectivity index (χ0n) is 23.7. The number of carbonyl (C=O) groups is 1. The van der Waals surface area contributed by atoms with E-state index in [2.05, 4.69) is 58.4 Å². The highest BCUT2D eigenvalue weighted by Crippen LogP contribution is 2.46. The van der Waals surface area contributed by atoms with Crippen LogP contribution in [0.3, 0.4) is 0 Å². The molecule has 0 aromatic heterocycles. The van der Waals surface area contributed by atoms with Gasteiger partial charge in [0.15, 0.2) is 0 Å². The molecule has 7 nitrogen and oxygen atoms in total. The number of likely N-dealkylation sites (N-methyl/N-ethyl adjacent to an activating group) is 1. The Hall–Kier alpha value is -3.11. The van der Waals surface area contributed by atoms with E-state index in [9.17, 15) is 4.79 Å². The van der Waals surface area contributed by atoms with E-state index in [1.165, 1.54) is 16.1 Å². The largest absolute Gasteiger partial charge is 0.497 e. The molecule has 1 aliphatic rings. The number of methoxy groups -OCH3 is 2. The predicted octanol–water partition coefficient (Wildman–Crippen LogP) is 5.56. The molecule has 0 saturated carbocycles. The van der Waals surface area contributed by atoms with Crippen LogP contribution in [0.1, 0.15) is 35.3 Å².